The molecule has 1 aromatic heterocycles. The zero-order chi connectivity index (χ0) is 15.2. The van der Waals surface area contributed by atoms with E-state index < -0.39 is 0 Å². The van der Waals surface area contributed by atoms with Gasteiger partial charge in [-0.05, 0) is 37.3 Å². The van der Waals surface area contributed by atoms with Crippen LogP contribution >= 0.6 is 0 Å². The molecule has 1 atom stereocenters. The number of carbonyl (C=O) groups is 1. The molecule has 0 unspecified atom stereocenters. The summed E-state index contributed by atoms with van der Waals surface area (Å²) in [5.74, 6) is -0.0820. The Labute approximate surface area is 122 Å². The zero-order valence-corrected chi connectivity index (χ0v) is 11.9. The molecular weight excluding hydrogens is 273 g/mol. The Morgan fingerprint density at radius 2 is 2.05 bits per heavy atom. The lowest BCUT2D eigenvalue weighted by Crippen LogP contribution is -2.34. The third-order valence-corrected chi connectivity index (χ3v) is 3.18. The normalized spacial score (nSPS) is 11.8. The lowest BCUT2D eigenvalue weighted by molar-refractivity contribution is -0.134. The van der Waals surface area contributed by atoms with Gasteiger partial charge in [-0.2, -0.15) is 0 Å². The average Bonchev–Trinajstić information content (AvgIpc) is 2.53. The van der Waals surface area contributed by atoms with Gasteiger partial charge >= 0.3 is 0 Å². The first kappa shape index (κ1) is 14.9. The van der Waals surface area contributed by atoms with Crippen LogP contribution in [0.15, 0.2) is 42.9 Å². The van der Waals surface area contributed by atoms with Crippen LogP contribution in [0.4, 0.5) is 4.39 Å². The molecule has 1 aromatic carbocycles. The topological polar surface area (TPSA) is 55.3 Å². The molecule has 0 spiro atoms. The van der Waals surface area contributed by atoms with E-state index in [-0.39, 0.29) is 24.4 Å². The van der Waals surface area contributed by atoms with Gasteiger partial charge in [-0.25, -0.2) is 14.4 Å². The fraction of sp³-hybridized carbons (Fsp3) is 0.267. The molecular formula is C15H16FN3O2. The van der Waals surface area contributed by atoms with Gasteiger partial charge in [0.25, 0.3) is 5.91 Å². The van der Waals surface area contributed by atoms with Crippen LogP contribution in [0.1, 0.15) is 18.7 Å². The molecule has 1 heterocycles. The van der Waals surface area contributed by atoms with E-state index in [9.17, 15) is 9.18 Å². The number of carbonyl (C=O) groups excluding carboxylic acids is 1. The second kappa shape index (κ2) is 6.78. The standard InChI is InChI=1S/C15H16FN3O2/c1-11(14-7-8-17-10-18-14)19(2)15(20)9-21-13-5-3-12(16)4-6-13/h3-8,10-11H,9H2,1-2H3/t11-/m1/s1. The average molecular weight is 289 g/mol. The molecule has 0 aliphatic heterocycles. The lowest BCUT2D eigenvalue weighted by Gasteiger charge is -2.24. The predicted molar refractivity (Wildman–Crippen MR) is 75.1 cm³/mol. The third-order valence-electron chi connectivity index (χ3n) is 3.18. The molecule has 110 valence electrons. The number of hydrogen-bond acceptors (Lipinski definition) is 4. The van der Waals surface area contributed by atoms with Crippen molar-refractivity contribution in [2.45, 2.75) is 13.0 Å². The predicted octanol–water partition coefficient (Wildman–Crippen LogP) is 2.21. The van der Waals surface area contributed by atoms with Gasteiger partial charge in [0, 0.05) is 13.2 Å². The molecule has 0 saturated heterocycles. The van der Waals surface area contributed by atoms with Crippen molar-refractivity contribution in [3.63, 3.8) is 0 Å². The number of halogens is 1. The summed E-state index contributed by atoms with van der Waals surface area (Å²) < 4.78 is 18.1. The Balaban J connectivity index is 1.92. The van der Waals surface area contributed by atoms with Crippen molar-refractivity contribution in [3.05, 3.63) is 54.4 Å². The number of nitrogens with zero attached hydrogens (tertiary/aromatic N) is 3. The van der Waals surface area contributed by atoms with Gasteiger partial charge in [0.15, 0.2) is 6.61 Å². The summed E-state index contributed by atoms with van der Waals surface area (Å²) in [4.78, 5) is 21.6. The van der Waals surface area contributed by atoms with E-state index in [4.69, 9.17) is 4.74 Å². The van der Waals surface area contributed by atoms with E-state index >= 15 is 0 Å². The Morgan fingerprint density at radius 3 is 2.67 bits per heavy atom. The maximum absolute atomic E-state index is 12.8. The molecule has 0 aliphatic carbocycles. The molecule has 1 amide bonds. The minimum absolute atomic E-state index is 0.114. The van der Waals surface area contributed by atoms with Gasteiger partial charge in [0.2, 0.25) is 0 Å². The van der Waals surface area contributed by atoms with E-state index in [0.717, 1.165) is 5.69 Å². The van der Waals surface area contributed by atoms with Crippen LogP contribution in [-0.4, -0.2) is 34.4 Å². The molecule has 2 aromatic rings. The number of likely N-dealkylation sites (N-methyl/N-ethyl adjacent to an activating group) is 1. The fourth-order valence-corrected chi connectivity index (χ4v) is 1.74. The molecule has 0 fully saturated rings. The van der Waals surface area contributed by atoms with E-state index in [1.54, 1.807) is 24.2 Å². The van der Waals surface area contributed by atoms with Crippen LogP contribution in [-0.2, 0) is 4.79 Å². The molecule has 0 bridgehead atoms. The highest BCUT2D eigenvalue weighted by atomic mass is 19.1. The van der Waals surface area contributed by atoms with Gasteiger partial charge in [-0.15, -0.1) is 0 Å². The van der Waals surface area contributed by atoms with E-state index in [2.05, 4.69) is 9.97 Å². The minimum atomic E-state index is -0.344. The van der Waals surface area contributed by atoms with Gasteiger partial charge in [0.05, 0.1) is 11.7 Å². The maximum atomic E-state index is 12.8. The van der Waals surface area contributed by atoms with E-state index in [1.807, 2.05) is 6.92 Å². The highest BCUT2D eigenvalue weighted by molar-refractivity contribution is 5.77. The van der Waals surface area contributed by atoms with E-state index in [0.29, 0.717) is 5.75 Å². The third kappa shape index (κ3) is 3.98. The van der Waals surface area contributed by atoms with Crippen LogP contribution in [0.2, 0.25) is 0 Å². The quantitative estimate of drug-likeness (QED) is 0.847. The van der Waals surface area contributed by atoms with Crippen molar-refractivity contribution in [3.8, 4) is 5.75 Å². The molecule has 21 heavy (non-hydrogen) atoms. The maximum Gasteiger partial charge on any atom is 0.260 e. The fourth-order valence-electron chi connectivity index (χ4n) is 1.74. The van der Waals surface area contributed by atoms with Gasteiger partial charge in [-0.1, -0.05) is 0 Å². The summed E-state index contributed by atoms with van der Waals surface area (Å²) in [6.45, 7) is 1.76. The summed E-state index contributed by atoms with van der Waals surface area (Å²) >= 11 is 0. The number of amides is 1. The van der Waals surface area contributed by atoms with Gasteiger partial charge in [0.1, 0.15) is 17.9 Å². The van der Waals surface area contributed by atoms with E-state index in [1.165, 1.54) is 30.6 Å². The number of ether oxygens (including phenoxy) is 1. The zero-order valence-electron chi connectivity index (χ0n) is 11.9. The Kier molecular flexibility index (Phi) is 4.81. The number of aromatic nitrogens is 2. The Hall–Kier alpha value is -2.50. The van der Waals surface area contributed by atoms with Crippen LogP contribution in [0.3, 0.4) is 0 Å². The molecule has 6 heteroatoms. The number of rotatable bonds is 5. The highest BCUT2D eigenvalue weighted by Gasteiger charge is 2.18. The molecule has 2 rings (SSSR count). The number of benzene rings is 1. The molecule has 5 nitrogen and oxygen atoms in total. The monoisotopic (exact) mass is 289 g/mol. The summed E-state index contributed by atoms with van der Waals surface area (Å²) in [5.41, 5.74) is 0.752. The molecule has 0 aliphatic rings. The molecule has 0 N–H and O–H groups in total. The largest absolute Gasteiger partial charge is 0.484 e. The summed E-state index contributed by atoms with van der Waals surface area (Å²) in [6, 6.07) is 7.11. The van der Waals surface area contributed by atoms with Crippen LogP contribution in [0.25, 0.3) is 0 Å². The van der Waals surface area contributed by atoms with Crippen molar-refractivity contribution in [1.29, 1.82) is 0 Å². The second-order valence-electron chi connectivity index (χ2n) is 4.56. The van der Waals surface area contributed by atoms with Crippen molar-refractivity contribution in [2.75, 3.05) is 13.7 Å². The van der Waals surface area contributed by atoms with Crippen LogP contribution in [0, 0.1) is 5.82 Å². The van der Waals surface area contributed by atoms with Gasteiger partial charge < -0.3 is 9.64 Å². The first-order valence-corrected chi connectivity index (χ1v) is 6.48. The molecule has 0 saturated carbocycles. The first-order valence-electron chi connectivity index (χ1n) is 6.48. The first-order chi connectivity index (χ1) is 10.1. The second-order valence-corrected chi connectivity index (χ2v) is 4.56. The minimum Gasteiger partial charge on any atom is -0.484 e. The molecule has 0 radical (unpaired) electrons. The number of hydrogen-bond donors (Lipinski definition) is 0. The lowest BCUT2D eigenvalue weighted by atomic mass is 10.2. The van der Waals surface area contributed by atoms with Crippen LogP contribution < -0.4 is 4.74 Å². The smallest absolute Gasteiger partial charge is 0.260 e. The summed E-state index contributed by atoms with van der Waals surface area (Å²) in [7, 11) is 1.68. The van der Waals surface area contributed by atoms with Crippen molar-refractivity contribution in [1.82, 2.24) is 14.9 Å². The summed E-state index contributed by atoms with van der Waals surface area (Å²) in [5, 5.41) is 0. The van der Waals surface area contributed by atoms with Crippen LogP contribution in [0.5, 0.6) is 5.75 Å². The summed E-state index contributed by atoms with van der Waals surface area (Å²) in [6.07, 6.45) is 3.07. The van der Waals surface area contributed by atoms with Crippen molar-refractivity contribution in [2.24, 2.45) is 0 Å². The van der Waals surface area contributed by atoms with Crippen molar-refractivity contribution >= 4 is 5.91 Å². The SMILES string of the molecule is C[C@H](c1ccncn1)N(C)C(=O)COc1ccc(F)cc1. The van der Waals surface area contributed by atoms with Gasteiger partial charge in [-0.3, -0.25) is 4.79 Å². The van der Waals surface area contributed by atoms with Crippen molar-refractivity contribution < 1.29 is 13.9 Å². The highest BCUT2D eigenvalue weighted by Crippen LogP contribution is 2.16. The Morgan fingerprint density at radius 1 is 1.33 bits per heavy atom. The Bertz CT molecular complexity index is 590.